The molecular formula is C15H17ClFN3OS. The first-order valence-corrected chi connectivity index (χ1v) is 7.59. The summed E-state index contributed by atoms with van der Waals surface area (Å²) < 4.78 is 19.7. The molecule has 118 valence electrons. The highest BCUT2D eigenvalue weighted by Crippen LogP contribution is 2.37. The third-order valence-electron chi connectivity index (χ3n) is 3.54. The van der Waals surface area contributed by atoms with Crippen LogP contribution in [0.25, 0.3) is 20.9 Å². The van der Waals surface area contributed by atoms with Gasteiger partial charge in [0, 0.05) is 17.2 Å². The summed E-state index contributed by atoms with van der Waals surface area (Å²) in [6.45, 7) is 4.01. The van der Waals surface area contributed by atoms with E-state index in [2.05, 4.69) is 22.4 Å². The Bertz CT molecular complexity index is 786. The van der Waals surface area contributed by atoms with Crippen molar-refractivity contribution < 1.29 is 8.91 Å². The normalized spacial score (nSPS) is 12.4. The lowest BCUT2D eigenvalue weighted by Gasteiger charge is -2.04. The standard InChI is InChI=1S/C15H16FN3OS.ClH/c1-8(17-3)6-13-18-15(20-19-13)14-9(2)11-7-10(16)4-5-12(11)21-14;/h4-5,7-8,17H,6H2,1-3H3;1H. The molecule has 0 bridgehead atoms. The smallest absolute Gasteiger partial charge is 0.268 e. The molecule has 22 heavy (non-hydrogen) atoms. The number of hydrogen-bond donors (Lipinski definition) is 1. The molecule has 3 aromatic rings. The van der Waals surface area contributed by atoms with Crippen LogP contribution in [0.4, 0.5) is 4.39 Å². The number of nitrogens with zero attached hydrogens (tertiary/aromatic N) is 2. The van der Waals surface area contributed by atoms with Crippen LogP contribution >= 0.6 is 23.7 Å². The molecule has 0 aliphatic heterocycles. The van der Waals surface area contributed by atoms with Crippen molar-refractivity contribution in [2.45, 2.75) is 26.3 Å². The van der Waals surface area contributed by atoms with E-state index in [4.69, 9.17) is 4.52 Å². The molecule has 0 spiro atoms. The first-order chi connectivity index (χ1) is 10.1. The summed E-state index contributed by atoms with van der Waals surface area (Å²) >= 11 is 1.55. The Morgan fingerprint density at radius 1 is 1.41 bits per heavy atom. The van der Waals surface area contributed by atoms with Gasteiger partial charge in [-0.25, -0.2) is 4.39 Å². The Morgan fingerprint density at radius 3 is 2.91 bits per heavy atom. The predicted molar refractivity (Wildman–Crippen MR) is 89.3 cm³/mol. The van der Waals surface area contributed by atoms with Gasteiger partial charge in [-0.1, -0.05) is 5.16 Å². The molecule has 0 aliphatic carbocycles. The van der Waals surface area contributed by atoms with Gasteiger partial charge >= 0.3 is 0 Å². The lowest BCUT2D eigenvalue weighted by atomic mass is 10.1. The zero-order chi connectivity index (χ0) is 15.0. The van der Waals surface area contributed by atoms with E-state index in [9.17, 15) is 4.39 Å². The molecule has 0 amide bonds. The molecule has 1 aromatic carbocycles. The van der Waals surface area contributed by atoms with Gasteiger partial charge in [0.15, 0.2) is 5.82 Å². The van der Waals surface area contributed by atoms with E-state index >= 15 is 0 Å². The highest BCUT2D eigenvalue weighted by Gasteiger charge is 2.17. The van der Waals surface area contributed by atoms with E-state index in [0.29, 0.717) is 18.1 Å². The van der Waals surface area contributed by atoms with Gasteiger partial charge in [-0.15, -0.1) is 23.7 Å². The maximum absolute atomic E-state index is 13.4. The fraction of sp³-hybridized carbons (Fsp3) is 0.333. The highest BCUT2D eigenvalue weighted by atomic mass is 35.5. The van der Waals surface area contributed by atoms with Crippen LogP contribution in [-0.2, 0) is 6.42 Å². The second kappa shape index (κ2) is 6.73. The molecule has 4 nitrogen and oxygen atoms in total. The van der Waals surface area contributed by atoms with Crippen LogP contribution < -0.4 is 5.32 Å². The zero-order valence-electron chi connectivity index (χ0n) is 12.5. The van der Waals surface area contributed by atoms with Crippen LogP contribution in [0.2, 0.25) is 0 Å². The molecule has 0 saturated carbocycles. The van der Waals surface area contributed by atoms with Crippen molar-refractivity contribution in [1.29, 1.82) is 0 Å². The summed E-state index contributed by atoms with van der Waals surface area (Å²) in [6, 6.07) is 5.08. The molecule has 2 aromatic heterocycles. The fourth-order valence-electron chi connectivity index (χ4n) is 2.20. The average Bonchev–Trinajstić information content (AvgIpc) is 3.04. The second-order valence-electron chi connectivity index (χ2n) is 5.11. The molecule has 0 fully saturated rings. The Hall–Kier alpha value is -1.50. The van der Waals surface area contributed by atoms with Crippen LogP contribution in [0.3, 0.4) is 0 Å². The number of likely N-dealkylation sites (N-methyl/N-ethyl adjacent to an activating group) is 1. The molecule has 0 saturated heterocycles. The minimum atomic E-state index is -0.232. The number of aryl methyl sites for hydroxylation is 1. The van der Waals surface area contributed by atoms with E-state index < -0.39 is 0 Å². The molecule has 3 rings (SSSR count). The van der Waals surface area contributed by atoms with Crippen molar-refractivity contribution in [2.75, 3.05) is 7.05 Å². The lowest BCUT2D eigenvalue weighted by Crippen LogP contribution is -2.24. The molecule has 1 unspecified atom stereocenters. The van der Waals surface area contributed by atoms with Gasteiger partial charge in [0.05, 0.1) is 4.88 Å². The van der Waals surface area contributed by atoms with Crippen LogP contribution in [-0.4, -0.2) is 23.2 Å². The minimum absolute atomic E-state index is 0. The van der Waals surface area contributed by atoms with Crippen LogP contribution in [0, 0.1) is 12.7 Å². The molecule has 7 heteroatoms. The summed E-state index contributed by atoms with van der Waals surface area (Å²) in [5.41, 5.74) is 0.978. The topological polar surface area (TPSA) is 51.0 Å². The monoisotopic (exact) mass is 341 g/mol. The minimum Gasteiger partial charge on any atom is -0.333 e. The highest BCUT2D eigenvalue weighted by molar-refractivity contribution is 7.22. The number of hydrogen-bond acceptors (Lipinski definition) is 5. The van der Waals surface area contributed by atoms with Gasteiger partial charge in [0.25, 0.3) is 5.89 Å². The Labute approximate surface area is 138 Å². The quantitative estimate of drug-likeness (QED) is 0.780. The third-order valence-corrected chi connectivity index (χ3v) is 4.80. The predicted octanol–water partition coefficient (Wildman–Crippen LogP) is 3.97. The number of aromatic nitrogens is 2. The zero-order valence-corrected chi connectivity index (χ0v) is 14.1. The van der Waals surface area contributed by atoms with Crippen molar-refractivity contribution in [3.05, 3.63) is 35.4 Å². The third kappa shape index (κ3) is 3.14. The molecule has 1 N–H and O–H groups in total. The van der Waals surface area contributed by atoms with Gasteiger partial charge in [-0.3, -0.25) is 0 Å². The number of nitrogens with one attached hydrogen (secondary N) is 1. The van der Waals surface area contributed by atoms with Crippen molar-refractivity contribution in [2.24, 2.45) is 0 Å². The molecule has 2 heterocycles. The molecule has 0 radical (unpaired) electrons. The molecule has 1 atom stereocenters. The van der Waals surface area contributed by atoms with E-state index in [1.54, 1.807) is 23.5 Å². The maximum Gasteiger partial charge on any atom is 0.268 e. The maximum atomic E-state index is 13.4. The second-order valence-corrected chi connectivity index (χ2v) is 6.16. The number of rotatable bonds is 4. The average molecular weight is 342 g/mol. The van der Waals surface area contributed by atoms with Crippen molar-refractivity contribution in [3.63, 3.8) is 0 Å². The van der Waals surface area contributed by atoms with Crippen molar-refractivity contribution >= 4 is 33.8 Å². The van der Waals surface area contributed by atoms with Crippen molar-refractivity contribution in [3.8, 4) is 10.8 Å². The fourth-order valence-corrected chi connectivity index (χ4v) is 3.31. The first kappa shape index (κ1) is 16.9. The molecular weight excluding hydrogens is 325 g/mol. The van der Waals surface area contributed by atoms with Crippen LogP contribution in [0.5, 0.6) is 0 Å². The van der Waals surface area contributed by atoms with Crippen LogP contribution in [0.15, 0.2) is 22.7 Å². The molecule has 0 aliphatic rings. The summed E-state index contributed by atoms with van der Waals surface area (Å²) in [5, 5.41) is 8.06. The number of fused-ring (bicyclic) bond motifs is 1. The van der Waals surface area contributed by atoms with E-state index in [-0.39, 0.29) is 24.3 Å². The Balaban J connectivity index is 0.00000176. The lowest BCUT2D eigenvalue weighted by molar-refractivity contribution is 0.419. The Kier molecular flexibility index (Phi) is 5.16. The van der Waals surface area contributed by atoms with E-state index in [0.717, 1.165) is 20.5 Å². The first-order valence-electron chi connectivity index (χ1n) is 6.77. The number of thiophene rings is 1. The summed E-state index contributed by atoms with van der Waals surface area (Å²) in [4.78, 5) is 5.35. The van der Waals surface area contributed by atoms with Gasteiger partial charge in [0.2, 0.25) is 0 Å². The summed E-state index contributed by atoms with van der Waals surface area (Å²) in [5.74, 6) is 0.950. The van der Waals surface area contributed by atoms with E-state index in [1.807, 2.05) is 14.0 Å². The SMILES string of the molecule is CNC(C)Cc1noc(-c2sc3ccc(F)cc3c2C)n1.Cl. The van der Waals surface area contributed by atoms with Gasteiger partial charge in [-0.2, -0.15) is 4.98 Å². The number of benzene rings is 1. The summed E-state index contributed by atoms with van der Waals surface area (Å²) in [7, 11) is 1.90. The van der Waals surface area contributed by atoms with Crippen molar-refractivity contribution in [1.82, 2.24) is 15.5 Å². The van der Waals surface area contributed by atoms with E-state index in [1.165, 1.54) is 6.07 Å². The van der Waals surface area contributed by atoms with Crippen LogP contribution in [0.1, 0.15) is 18.3 Å². The largest absolute Gasteiger partial charge is 0.333 e. The van der Waals surface area contributed by atoms with Gasteiger partial charge < -0.3 is 9.84 Å². The Morgan fingerprint density at radius 2 is 2.18 bits per heavy atom. The number of halogens is 2. The van der Waals surface area contributed by atoms with Gasteiger partial charge in [-0.05, 0) is 50.0 Å². The van der Waals surface area contributed by atoms with Gasteiger partial charge in [0.1, 0.15) is 5.82 Å². The summed E-state index contributed by atoms with van der Waals surface area (Å²) in [6.07, 6.45) is 0.707.